The standard InChI is InChI=1S/C30H19F4NO/c31-29(32)27-16-15-21(18-28(27)30(33,34)36-29)26-19-24(17-20-9-7-8-14-25(20)26)35(22-10-3-1-4-11-22)23-12-5-2-6-13-23/h1-19H. The number of alkyl halides is 4. The first kappa shape index (κ1) is 22.3. The lowest BCUT2D eigenvalue weighted by atomic mass is 9.94. The van der Waals surface area contributed by atoms with Crippen molar-refractivity contribution in [2.45, 2.75) is 12.2 Å². The van der Waals surface area contributed by atoms with Crippen LogP contribution in [0.25, 0.3) is 21.9 Å². The first-order valence-corrected chi connectivity index (χ1v) is 11.4. The normalized spacial score (nSPS) is 15.6. The molecular formula is C30H19F4NO. The van der Waals surface area contributed by atoms with Gasteiger partial charge in [0, 0.05) is 17.1 Å². The third-order valence-corrected chi connectivity index (χ3v) is 6.35. The van der Waals surface area contributed by atoms with Crippen molar-refractivity contribution in [3.05, 3.63) is 126 Å². The third kappa shape index (κ3) is 3.71. The number of benzene rings is 5. The van der Waals surface area contributed by atoms with Crippen LogP contribution in [0.2, 0.25) is 0 Å². The topological polar surface area (TPSA) is 12.5 Å². The van der Waals surface area contributed by atoms with E-state index in [1.54, 1.807) is 0 Å². The van der Waals surface area contributed by atoms with Crippen LogP contribution in [-0.2, 0) is 17.0 Å². The van der Waals surface area contributed by atoms with Gasteiger partial charge in [-0.25, -0.2) is 4.74 Å². The molecule has 0 aliphatic carbocycles. The Kier molecular flexibility index (Phi) is 5.09. The van der Waals surface area contributed by atoms with Crippen LogP contribution in [0.3, 0.4) is 0 Å². The second kappa shape index (κ2) is 8.21. The second-order valence-corrected chi connectivity index (χ2v) is 8.62. The summed E-state index contributed by atoms with van der Waals surface area (Å²) in [5.41, 5.74) is 2.05. The highest BCUT2D eigenvalue weighted by molar-refractivity contribution is 6.01. The molecule has 36 heavy (non-hydrogen) atoms. The van der Waals surface area contributed by atoms with E-state index in [-0.39, 0.29) is 0 Å². The molecule has 0 N–H and O–H groups in total. The van der Waals surface area contributed by atoms with Gasteiger partial charge in [0.2, 0.25) is 0 Å². The molecule has 0 saturated carbocycles. The SMILES string of the molecule is FC1(F)OC(F)(F)c2cc(-c3cc(N(c4ccccc4)c4ccccc4)cc4ccccc34)ccc21. The van der Waals surface area contributed by atoms with Gasteiger partial charge in [-0.15, -0.1) is 0 Å². The highest BCUT2D eigenvalue weighted by Crippen LogP contribution is 2.52. The van der Waals surface area contributed by atoms with Crippen molar-refractivity contribution in [2.24, 2.45) is 0 Å². The number of rotatable bonds is 4. The molecule has 1 heterocycles. The zero-order valence-electron chi connectivity index (χ0n) is 18.8. The summed E-state index contributed by atoms with van der Waals surface area (Å²) >= 11 is 0. The molecule has 5 aromatic rings. The van der Waals surface area contributed by atoms with Gasteiger partial charge in [-0.2, -0.15) is 17.6 Å². The van der Waals surface area contributed by atoms with E-state index in [1.165, 1.54) is 6.07 Å². The Labute approximate surface area is 205 Å². The predicted octanol–water partition coefficient (Wildman–Crippen LogP) is 9.11. The van der Waals surface area contributed by atoms with Crippen molar-refractivity contribution >= 4 is 27.8 Å². The van der Waals surface area contributed by atoms with Crippen LogP contribution in [0.4, 0.5) is 34.6 Å². The van der Waals surface area contributed by atoms with E-state index < -0.39 is 23.3 Å². The van der Waals surface area contributed by atoms with Gasteiger partial charge in [-0.05, 0) is 70.4 Å². The van der Waals surface area contributed by atoms with Crippen molar-refractivity contribution in [1.82, 2.24) is 0 Å². The Bertz CT molecular complexity index is 1530. The number of nitrogens with zero attached hydrogens (tertiary/aromatic N) is 1. The van der Waals surface area contributed by atoms with Gasteiger partial charge >= 0.3 is 12.2 Å². The van der Waals surface area contributed by atoms with E-state index in [0.29, 0.717) is 11.1 Å². The molecule has 0 radical (unpaired) electrons. The van der Waals surface area contributed by atoms with Crippen molar-refractivity contribution in [3.63, 3.8) is 0 Å². The first-order chi connectivity index (χ1) is 17.3. The Balaban J connectivity index is 1.59. The van der Waals surface area contributed by atoms with E-state index in [1.807, 2.05) is 97.1 Å². The quantitative estimate of drug-likeness (QED) is 0.235. The molecule has 0 unspecified atom stereocenters. The largest absolute Gasteiger partial charge is 0.388 e. The minimum Gasteiger partial charge on any atom is -0.310 e. The molecule has 2 nitrogen and oxygen atoms in total. The lowest BCUT2D eigenvalue weighted by molar-refractivity contribution is -0.369. The van der Waals surface area contributed by atoms with Crippen molar-refractivity contribution in [3.8, 4) is 11.1 Å². The smallest absolute Gasteiger partial charge is 0.310 e. The fraction of sp³-hybridized carbons (Fsp3) is 0.0667. The van der Waals surface area contributed by atoms with Crippen LogP contribution in [0.5, 0.6) is 0 Å². The van der Waals surface area contributed by atoms with E-state index in [9.17, 15) is 17.6 Å². The summed E-state index contributed by atoms with van der Waals surface area (Å²) in [5, 5.41) is 1.70. The minimum atomic E-state index is -4.08. The Morgan fingerprint density at radius 1 is 0.528 bits per heavy atom. The van der Waals surface area contributed by atoms with Gasteiger partial charge in [0.1, 0.15) is 0 Å². The van der Waals surface area contributed by atoms with Crippen LogP contribution < -0.4 is 4.90 Å². The molecule has 6 heteroatoms. The number of fused-ring (bicyclic) bond motifs is 2. The van der Waals surface area contributed by atoms with E-state index in [2.05, 4.69) is 9.64 Å². The highest BCUT2D eigenvalue weighted by Gasteiger charge is 2.57. The maximum Gasteiger partial charge on any atom is 0.388 e. The van der Waals surface area contributed by atoms with Crippen LogP contribution in [-0.4, -0.2) is 0 Å². The second-order valence-electron chi connectivity index (χ2n) is 8.62. The Morgan fingerprint density at radius 3 is 1.78 bits per heavy atom. The zero-order chi connectivity index (χ0) is 24.9. The molecule has 0 amide bonds. The van der Waals surface area contributed by atoms with Crippen LogP contribution >= 0.6 is 0 Å². The molecule has 6 rings (SSSR count). The maximum atomic E-state index is 14.4. The summed E-state index contributed by atoms with van der Waals surface area (Å²) in [6, 6.07) is 34.6. The Hall–Kier alpha value is -4.16. The molecule has 1 aliphatic heterocycles. The summed E-state index contributed by atoms with van der Waals surface area (Å²) in [6.07, 6.45) is -8.12. The number of ether oxygens (including phenoxy) is 1. The van der Waals surface area contributed by atoms with Gasteiger partial charge in [0.25, 0.3) is 0 Å². The fourth-order valence-corrected chi connectivity index (χ4v) is 4.74. The molecule has 0 bridgehead atoms. The van der Waals surface area contributed by atoms with Gasteiger partial charge in [0.05, 0.1) is 11.1 Å². The van der Waals surface area contributed by atoms with Gasteiger partial charge < -0.3 is 4.90 Å². The Morgan fingerprint density at radius 2 is 1.11 bits per heavy atom. The predicted molar refractivity (Wildman–Crippen MR) is 133 cm³/mol. The molecular weight excluding hydrogens is 466 g/mol. The van der Waals surface area contributed by atoms with Crippen molar-refractivity contribution in [2.75, 3.05) is 4.90 Å². The summed E-state index contributed by atoms with van der Waals surface area (Å²) in [4.78, 5) is 2.06. The number of halogens is 4. The summed E-state index contributed by atoms with van der Waals surface area (Å²) in [7, 11) is 0. The molecule has 0 spiro atoms. The number of hydrogen-bond acceptors (Lipinski definition) is 2. The first-order valence-electron chi connectivity index (χ1n) is 11.4. The molecule has 0 aromatic heterocycles. The van der Waals surface area contributed by atoms with E-state index in [0.717, 1.165) is 40.0 Å². The summed E-state index contributed by atoms with van der Waals surface area (Å²) in [6.45, 7) is 0. The number of anilines is 3. The number of para-hydroxylation sites is 2. The van der Waals surface area contributed by atoms with Crippen LogP contribution in [0.1, 0.15) is 11.1 Å². The van der Waals surface area contributed by atoms with Gasteiger partial charge in [-0.3, -0.25) is 0 Å². The van der Waals surface area contributed by atoms with Gasteiger partial charge in [0.15, 0.2) is 0 Å². The minimum absolute atomic E-state index is 0.397. The molecule has 178 valence electrons. The summed E-state index contributed by atoms with van der Waals surface area (Å²) < 4.78 is 60.7. The highest BCUT2D eigenvalue weighted by atomic mass is 19.3. The average Bonchev–Trinajstić information content (AvgIpc) is 3.08. The molecule has 0 saturated heterocycles. The van der Waals surface area contributed by atoms with Gasteiger partial charge in [-0.1, -0.05) is 66.7 Å². The maximum absolute atomic E-state index is 14.4. The van der Waals surface area contributed by atoms with Crippen LogP contribution in [0, 0.1) is 0 Å². The van der Waals surface area contributed by atoms with Crippen molar-refractivity contribution < 1.29 is 22.3 Å². The lowest BCUT2D eigenvalue weighted by Gasteiger charge is -2.26. The average molecular weight is 485 g/mol. The van der Waals surface area contributed by atoms with E-state index in [4.69, 9.17) is 0 Å². The fourth-order valence-electron chi connectivity index (χ4n) is 4.74. The number of hydrogen-bond donors (Lipinski definition) is 0. The third-order valence-electron chi connectivity index (χ3n) is 6.35. The van der Waals surface area contributed by atoms with Crippen LogP contribution in [0.15, 0.2) is 115 Å². The molecule has 0 fully saturated rings. The van der Waals surface area contributed by atoms with E-state index >= 15 is 0 Å². The monoisotopic (exact) mass is 485 g/mol. The molecule has 1 aliphatic rings. The molecule has 0 atom stereocenters. The van der Waals surface area contributed by atoms with Crippen molar-refractivity contribution in [1.29, 1.82) is 0 Å². The molecule has 5 aromatic carbocycles. The summed E-state index contributed by atoms with van der Waals surface area (Å²) in [5.74, 6) is 0. The lowest BCUT2D eigenvalue weighted by Crippen LogP contribution is -2.17. The zero-order valence-corrected chi connectivity index (χ0v) is 18.8.